The minimum Gasteiger partial charge on any atom is -0.356 e. The van der Waals surface area contributed by atoms with E-state index in [2.05, 4.69) is 19.2 Å². The van der Waals surface area contributed by atoms with Gasteiger partial charge in [0, 0.05) is 12.5 Å². The summed E-state index contributed by atoms with van der Waals surface area (Å²) in [6, 6.07) is 0. The Kier molecular flexibility index (Phi) is 6.56. The van der Waals surface area contributed by atoms with Crippen molar-refractivity contribution in [2.75, 3.05) is 13.1 Å². The maximum atomic E-state index is 12.2. The van der Waals surface area contributed by atoms with Gasteiger partial charge in [-0.05, 0) is 37.6 Å². The third kappa shape index (κ3) is 5.07. The van der Waals surface area contributed by atoms with Crippen molar-refractivity contribution in [1.82, 2.24) is 5.32 Å². The van der Waals surface area contributed by atoms with E-state index < -0.39 is 0 Å². The maximum absolute atomic E-state index is 12.2. The summed E-state index contributed by atoms with van der Waals surface area (Å²) < 4.78 is 0. The molecule has 1 rings (SSSR count). The molecule has 1 amide bonds. The Balaban J connectivity index is 2.47. The summed E-state index contributed by atoms with van der Waals surface area (Å²) in [5.74, 6) is 1.47. The summed E-state index contributed by atoms with van der Waals surface area (Å²) in [7, 11) is 0. The lowest BCUT2D eigenvalue weighted by molar-refractivity contribution is -0.127. The van der Waals surface area contributed by atoms with Crippen LogP contribution in [0.5, 0.6) is 0 Å². The molecule has 3 heteroatoms. The van der Waals surface area contributed by atoms with E-state index >= 15 is 0 Å². The van der Waals surface area contributed by atoms with Crippen molar-refractivity contribution in [3.8, 4) is 0 Å². The van der Waals surface area contributed by atoms with E-state index in [9.17, 15) is 4.79 Å². The normalized spacial score (nSPS) is 19.3. The lowest BCUT2D eigenvalue weighted by Gasteiger charge is -2.29. The van der Waals surface area contributed by atoms with Crippen LogP contribution < -0.4 is 11.1 Å². The van der Waals surface area contributed by atoms with E-state index in [-0.39, 0.29) is 11.8 Å². The van der Waals surface area contributed by atoms with Crippen LogP contribution >= 0.6 is 0 Å². The molecule has 1 fully saturated rings. The van der Waals surface area contributed by atoms with E-state index in [0.717, 1.165) is 13.0 Å². The second kappa shape index (κ2) is 7.70. The van der Waals surface area contributed by atoms with Crippen molar-refractivity contribution in [3.63, 3.8) is 0 Å². The third-order valence-corrected chi connectivity index (χ3v) is 3.72. The van der Waals surface area contributed by atoms with Gasteiger partial charge in [0.2, 0.25) is 5.91 Å². The SMILES string of the molecule is CC(C)CNC(=O)C(CCN)C1CCCCC1. The highest BCUT2D eigenvalue weighted by atomic mass is 16.1. The van der Waals surface area contributed by atoms with Crippen LogP contribution in [0.1, 0.15) is 52.4 Å². The van der Waals surface area contributed by atoms with Crippen LogP contribution in [-0.2, 0) is 4.79 Å². The minimum atomic E-state index is 0.152. The molecule has 0 aromatic rings. The zero-order chi connectivity index (χ0) is 12.7. The van der Waals surface area contributed by atoms with Crippen molar-refractivity contribution in [2.45, 2.75) is 52.4 Å². The number of rotatable bonds is 6. The summed E-state index contributed by atoms with van der Waals surface area (Å²) in [5.41, 5.74) is 5.65. The molecule has 3 N–H and O–H groups in total. The predicted octanol–water partition coefficient (Wildman–Crippen LogP) is 2.30. The quantitative estimate of drug-likeness (QED) is 0.748. The molecule has 0 saturated heterocycles. The van der Waals surface area contributed by atoms with Gasteiger partial charge < -0.3 is 11.1 Å². The van der Waals surface area contributed by atoms with Gasteiger partial charge in [-0.25, -0.2) is 0 Å². The van der Waals surface area contributed by atoms with Crippen LogP contribution in [0.2, 0.25) is 0 Å². The summed E-state index contributed by atoms with van der Waals surface area (Å²) in [6.07, 6.45) is 7.15. The first-order chi connectivity index (χ1) is 8.15. The second-order valence-electron chi connectivity index (χ2n) is 5.72. The number of nitrogens with one attached hydrogen (secondary N) is 1. The molecule has 17 heavy (non-hydrogen) atoms. The third-order valence-electron chi connectivity index (χ3n) is 3.72. The average Bonchev–Trinajstić information content (AvgIpc) is 2.34. The van der Waals surface area contributed by atoms with Gasteiger partial charge in [0.25, 0.3) is 0 Å². The van der Waals surface area contributed by atoms with Crippen LogP contribution in [0.4, 0.5) is 0 Å². The number of nitrogens with two attached hydrogens (primary N) is 1. The summed E-state index contributed by atoms with van der Waals surface area (Å²) in [5, 5.41) is 3.07. The van der Waals surface area contributed by atoms with Crippen LogP contribution in [-0.4, -0.2) is 19.0 Å². The first-order valence-electron chi connectivity index (χ1n) is 7.13. The zero-order valence-corrected chi connectivity index (χ0v) is 11.4. The Morgan fingerprint density at radius 3 is 2.47 bits per heavy atom. The first kappa shape index (κ1) is 14.5. The smallest absolute Gasteiger partial charge is 0.223 e. The molecule has 1 unspecified atom stereocenters. The van der Waals surface area contributed by atoms with Crippen LogP contribution in [0.3, 0.4) is 0 Å². The number of carbonyl (C=O) groups is 1. The van der Waals surface area contributed by atoms with Gasteiger partial charge >= 0.3 is 0 Å². The lowest BCUT2D eigenvalue weighted by Crippen LogP contribution is -2.38. The minimum absolute atomic E-state index is 0.152. The molecule has 0 aromatic heterocycles. The number of hydrogen-bond acceptors (Lipinski definition) is 2. The van der Waals surface area contributed by atoms with E-state index in [1.165, 1.54) is 32.1 Å². The molecule has 0 radical (unpaired) electrons. The molecule has 0 spiro atoms. The van der Waals surface area contributed by atoms with Gasteiger partial charge in [0.1, 0.15) is 0 Å². The highest BCUT2D eigenvalue weighted by molar-refractivity contribution is 5.78. The van der Waals surface area contributed by atoms with Crippen molar-refractivity contribution in [3.05, 3.63) is 0 Å². The summed E-state index contributed by atoms with van der Waals surface area (Å²) in [6.45, 7) is 5.65. The highest BCUT2D eigenvalue weighted by Gasteiger charge is 2.28. The molecule has 100 valence electrons. The molecule has 1 aliphatic rings. The monoisotopic (exact) mass is 240 g/mol. The summed E-state index contributed by atoms with van der Waals surface area (Å²) >= 11 is 0. The molecule has 3 nitrogen and oxygen atoms in total. The molecular weight excluding hydrogens is 212 g/mol. The van der Waals surface area contributed by atoms with E-state index in [4.69, 9.17) is 5.73 Å². The molecule has 0 aliphatic heterocycles. The standard InChI is InChI=1S/C14H28N2O/c1-11(2)10-16-14(17)13(8-9-15)12-6-4-3-5-7-12/h11-13H,3-10,15H2,1-2H3,(H,16,17). The van der Waals surface area contributed by atoms with Crippen LogP contribution in [0, 0.1) is 17.8 Å². The van der Waals surface area contributed by atoms with Gasteiger partial charge in [-0.15, -0.1) is 0 Å². The van der Waals surface area contributed by atoms with Gasteiger partial charge in [0.05, 0.1) is 0 Å². The molecule has 1 atom stereocenters. The first-order valence-corrected chi connectivity index (χ1v) is 7.13. The largest absolute Gasteiger partial charge is 0.356 e. The molecule has 0 heterocycles. The Bertz CT molecular complexity index is 222. The number of carbonyl (C=O) groups excluding carboxylic acids is 1. The van der Waals surface area contributed by atoms with Crippen molar-refractivity contribution >= 4 is 5.91 Å². The molecule has 1 saturated carbocycles. The fourth-order valence-electron chi connectivity index (χ4n) is 2.73. The topological polar surface area (TPSA) is 55.1 Å². The second-order valence-corrected chi connectivity index (χ2v) is 5.72. The number of hydrogen-bond donors (Lipinski definition) is 2. The van der Waals surface area contributed by atoms with Crippen LogP contribution in [0.25, 0.3) is 0 Å². The van der Waals surface area contributed by atoms with Gasteiger partial charge in [-0.2, -0.15) is 0 Å². The molecular formula is C14H28N2O. The molecule has 1 aliphatic carbocycles. The Labute approximate surface area is 106 Å². The Morgan fingerprint density at radius 2 is 1.94 bits per heavy atom. The van der Waals surface area contributed by atoms with Crippen molar-refractivity contribution in [2.24, 2.45) is 23.5 Å². The van der Waals surface area contributed by atoms with Gasteiger partial charge in [-0.1, -0.05) is 33.1 Å². The van der Waals surface area contributed by atoms with Crippen molar-refractivity contribution < 1.29 is 4.79 Å². The van der Waals surface area contributed by atoms with E-state index in [1.54, 1.807) is 0 Å². The fraction of sp³-hybridized carbons (Fsp3) is 0.929. The zero-order valence-electron chi connectivity index (χ0n) is 11.4. The molecule has 0 aromatic carbocycles. The Hall–Kier alpha value is -0.570. The van der Waals surface area contributed by atoms with Crippen LogP contribution in [0.15, 0.2) is 0 Å². The van der Waals surface area contributed by atoms with Crippen molar-refractivity contribution in [1.29, 1.82) is 0 Å². The van der Waals surface area contributed by atoms with Gasteiger partial charge in [0.15, 0.2) is 0 Å². The lowest BCUT2D eigenvalue weighted by atomic mass is 9.78. The average molecular weight is 240 g/mol. The predicted molar refractivity (Wildman–Crippen MR) is 71.6 cm³/mol. The Morgan fingerprint density at radius 1 is 1.29 bits per heavy atom. The van der Waals surface area contributed by atoms with E-state index in [0.29, 0.717) is 18.4 Å². The molecule has 0 bridgehead atoms. The fourth-order valence-corrected chi connectivity index (χ4v) is 2.73. The van der Waals surface area contributed by atoms with E-state index in [1.807, 2.05) is 0 Å². The summed E-state index contributed by atoms with van der Waals surface area (Å²) in [4.78, 5) is 12.2. The maximum Gasteiger partial charge on any atom is 0.223 e. The highest BCUT2D eigenvalue weighted by Crippen LogP contribution is 2.31. The van der Waals surface area contributed by atoms with Gasteiger partial charge in [-0.3, -0.25) is 4.79 Å². The number of amides is 1.